The van der Waals surface area contributed by atoms with Gasteiger partial charge in [0.25, 0.3) is 11.6 Å². The van der Waals surface area contributed by atoms with E-state index in [1.54, 1.807) is 13.0 Å². The van der Waals surface area contributed by atoms with E-state index in [1.807, 2.05) is 0 Å². The number of aliphatic hydroxyl groups is 1. The molecule has 6 nitrogen and oxygen atoms in total. The molecule has 6 heteroatoms. The molecule has 1 unspecified atom stereocenters. The standard InChI is InChI=1S/C11H14N2O4/c1-8(14)7-12(2)11(15)9-5-3-4-6-10(9)13(16)17/h3-6,8,14H,7H2,1-2H3. The van der Waals surface area contributed by atoms with E-state index in [0.717, 1.165) is 0 Å². The third kappa shape index (κ3) is 3.25. The Morgan fingerprint density at radius 1 is 1.53 bits per heavy atom. The van der Waals surface area contributed by atoms with Gasteiger partial charge in [-0.25, -0.2) is 0 Å². The molecule has 1 N–H and O–H groups in total. The summed E-state index contributed by atoms with van der Waals surface area (Å²) in [6.45, 7) is 1.67. The summed E-state index contributed by atoms with van der Waals surface area (Å²) in [6.07, 6.45) is -0.674. The van der Waals surface area contributed by atoms with Crippen molar-refractivity contribution in [2.24, 2.45) is 0 Å². The van der Waals surface area contributed by atoms with Crippen LogP contribution in [0.1, 0.15) is 17.3 Å². The quantitative estimate of drug-likeness (QED) is 0.627. The maximum atomic E-state index is 11.9. The number of nitrogens with zero attached hydrogens (tertiary/aromatic N) is 2. The van der Waals surface area contributed by atoms with Gasteiger partial charge in [-0.05, 0) is 13.0 Å². The molecule has 0 heterocycles. The third-order valence-electron chi connectivity index (χ3n) is 2.22. The van der Waals surface area contributed by atoms with Crippen LogP contribution in [0.5, 0.6) is 0 Å². The molecule has 17 heavy (non-hydrogen) atoms. The Labute approximate surface area is 98.6 Å². The number of hydrogen-bond donors (Lipinski definition) is 1. The van der Waals surface area contributed by atoms with Crippen LogP contribution in [-0.2, 0) is 0 Å². The molecule has 1 atom stereocenters. The maximum absolute atomic E-state index is 11.9. The second-order valence-electron chi connectivity index (χ2n) is 3.81. The molecule has 0 saturated heterocycles. The second kappa shape index (κ2) is 5.40. The average Bonchev–Trinajstić information content (AvgIpc) is 2.27. The van der Waals surface area contributed by atoms with Gasteiger partial charge in [0, 0.05) is 19.7 Å². The lowest BCUT2D eigenvalue weighted by Gasteiger charge is -2.18. The third-order valence-corrected chi connectivity index (χ3v) is 2.22. The number of likely N-dealkylation sites (N-methyl/N-ethyl adjacent to an activating group) is 1. The molecule has 92 valence electrons. The summed E-state index contributed by atoms with van der Waals surface area (Å²) in [6, 6.07) is 5.75. The molecule has 0 saturated carbocycles. The minimum atomic E-state index is -0.674. The van der Waals surface area contributed by atoms with Crippen molar-refractivity contribution in [3.05, 3.63) is 39.9 Å². The molecule has 0 aliphatic rings. The summed E-state index contributed by atoms with van der Waals surface area (Å²) in [5, 5.41) is 19.9. The lowest BCUT2D eigenvalue weighted by atomic mass is 10.1. The fourth-order valence-electron chi connectivity index (χ4n) is 1.50. The fourth-order valence-corrected chi connectivity index (χ4v) is 1.50. The molecule has 0 spiro atoms. The van der Waals surface area contributed by atoms with Crippen LogP contribution >= 0.6 is 0 Å². The van der Waals surface area contributed by atoms with Crippen molar-refractivity contribution in [2.45, 2.75) is 13.0 Å². The van der Waals surface area contributed by atoms with E-state index >= 15 is 0 Å². The van der Waals surface area contributed by atoms with E-state index in [4.69, 9.17) is 5.11 Å². The minimum absolute atomic E-state index is 0.0284. The van der Waals surface area contributed by atoms with Crippen molar-refractivity contribution in [3.8, 4) is 0 Å². The first kappa shape index (κ1) is 13.1. The van der Waals surface area contributed by atoms with E-state index in [9.17, 15) is 14.9 Å². The highest BCUT2D eigenvalue weighted by atomic mass is 16.6. The van der Waals surface area contributed by atoms with E-state index in [0.29, 0.717) is 0 Å². The van der Waals surface area contributed by atoms with Gasteiger partial charge in [-0.15, -0.1) is 0 Å². The number of rotatable bonds is 4. The Hall–Kier alpha value is -1.95. The zero-order valence-electron chi connectivity index (χ0n) is 9.66. The van der Waals surface area contributed by atoms with Crippen molar-refractivity contribution in [2.75, 3.05) is 13.6 Å². The predicted octanol–water partition coefficient (Wildman–Crippen LogP) is 1.05. The first-order chi connectivity index (χ1) is 7.93. The van der Waals surface area contributed by atoms with Crippen molar-refractivity contribution in [1.29, 1.82) is 0 Å². The van der Waals surface area contributed by atoms with Crippen LogP contribution in [0, 0.1) is 10.1 Å². The van der Waals surface area contributed by atoms with Gasteiger partial charge in [-0.2, -0.15) is 0 Å². The number of carbonyl (C=O) groups excluding carboxylic acids is 1. The van der Waals surface area contributed by atoms with E-state index in [2.05, 4.69) is 0 Å². The molecule has 0 aliphatic heterocycles. The summed E-state index contributed by atoms with van der Waals surface area (Å²) in [4.78, 5) is 23.3. The molecule has 0 bridgehead atoms. The van der Waals surface area contributed by atoms with Crippen LogP contribution < -0.4 is 0 Å². The first-order valence-electron chi connectivity index (χ1n) is 5.10. The second-order valence-corrected chi connectivity index (χ2v) is 3.81. The monoisotopic (exact) mass is 238 g/mol. The molecule has 0 aromatic heterocycles. The highest BCUT2D eigenvalue weighted by Crippen LogP contribution is 2.19. The first-order valence-corrected chi connectivity index (χ1v) is 5.10. The summed E-state index contributed by atoms with van der Waals surface area (Å²) >= 11 is 0. The van der Waals surface area contributed by atoms with Gasteiger partial charge < -0.3 is 10.0 Å². The Bertz CT molecular complexity index is 431. The number of aliphatic hydroxyl groups excluding tert-OH is 1. The van der Waals surface area contributed by atoms with Gasteiger partial charge in [-0.3, -0.25) is 14.9 Å². The number of benzene rings is 1. The van der Waals surface area contributed by atoms with Gasteiger partial charge in [-0.1, -0.05) is 12.1 Å². The summed E-state index contributed by atoms with van der Waals surface area (Å²) in [5.74, 6) is -0.474. The smallest absolute Gasteiger partial charge is 0.282 e. The molecule has 1 amide bonds. The summed E-state index contributed by atoms with van der Waals surface area (Å²) in [5.41, 5.74) is -0.199. The number of hydrogen-bond acceptors (Lipinski definition) is 4. The molecule has 0 aliphatic carbocycles. The largest absolute Gasteiger partial charge is 0.392 e. The fraction of sp³-hybridized carbons (Fsp3) is 0.364. The SMILES string of the molecule is CC(O)CN(C)C(=O)c1ccccc1[N+](=O)[O-]. The van der Waals surface area contributed by atoms with Crippen LogP contribution in [0.3, 0.4) is 0 Å². The Kier molecular flexibility index (Phi) is 4.17. The lowest BCUT2D eigenvalue weighted by molar-refractivity contribution is -0.385. The highest BCUT2D eigenvalue weighted by Gasteiger charge is 2.22. The van der Waals surface area contributed by atoms with Gasteiger partial charge in [0.2, 0.25) is 0 Å². The van der Waals surface area contributed by atoms with Gasteiger partial charge in [0.05, 0.1) is 11.0 Å². The molecule has 1 rings (SSSR count). The van der Waals surface area contributed by atoms with Crippen LogP contribution in [0.4, 0.5) is 5.69 Å². The zero-order valence-corrected chi connectivity index (χ0v) is 9.66. The average molecular weight is 238 g/mol. The van der Waals surface area contributed by atoms with Gasteiger partial charge >= 0.3 is 0 Å². The van der Waals surface area contributed by atoms with Crippen LogP contribution in [0.2, 0.25) is 0 Å². The van der Waals surface area contributed by atoms with E-state index in [1.165, 1.54) is 30.1 Å². The molecule has 1 aromatic rings. The summed E-state index contributed by atoms with van der Waals surface area (Å²) in [7, 11) is 1.49. The van der Waals surface area contributed by atoms with Crippen molar-refractivity contribution in [3.63, 3.8) is 0 Å². The van der Waals surface area contributed by atoms with Crippen molar-refractivity contribution < 1.29 is 14.8 Å². The van der Waals surface area contributed by atoms with E-state index in [-0.39, 0.29) is 17.8 Å². The molecule has 1 aromatic carbocycles. The van der Waals surface area contributed by atoms with Crippen LogP contribution in [0.25, 0.3) is 0 Å². The number of nitro benzene ring substituents is 1. The number of amides is 1. The highest BCUT2D eigenvalue weighted by molar-refractivity contribution is 5.97. The minimum Gasteiger partial charge on any atom is -0.392 e. The van der Waals surface area contributed by atoms with Crippen LogP contribution in [0.15, 0.2) is 24.3 Å². The molecule has 0 radical (unpaired) electrons. The molecular formula is C11H14N2O4. The molecule has 0 fully saturated rings. The Morgan fingerprint density at radius 2 is 2.12 bits per heavy atom. The van der Waals surface area contributed by atoms with Crippen molar-refractivity contribution >= 4 is 11.6 Å². The predicted molar refractivity (Wildman–Crippen MR) is 61.7 cm³/mol. The van der Waals surface area contributed by atoms with Gasteiger partial charge in [0.15, 0.2) is 0 Å². The van der Waals surface area contributed by atoms with Crippen LogP contribution in [-0.4, -0.2) is 40.5 Å². The topological polar surface area (TPSA) is 83.7 Å². The zero-order chi connectivity index (χ0) is 13.0. The van der Waals surface area contributed by atoms with Crippen molar-refractivity contribution in [1.82, 2.24) is 4.90 Å². The normalized spacial score (nSPS) is 11.9. The number of carbonyl (C=O) groups is 1. The summed E-state index contributed by atoms with van der Waals surface area (Å²) < 4.78 is 0. The lowest BCUT2D eigenvalue weighted by Crippen LogP contribution is -2.33. The Morgan fingerprint density at radius 3 is 2.65 bits per heavy atom. The maximum Gasteiger partial charge on any atom is 0.282 e. The van der Waals surface area contributed by atoms with E-state index < -0.39 is 16.9 Å². The number of para-hydroxylation sites is 1. The number of nitro groups is 1. The van der Waals surface area contributed by atoms with Gasteiger partial charge in [0.1, 0.15) is 5.56 Å². The molecular weight excluding hydrogens is 224 g/mol. The Balaban J connectivity index is 3.00.